The number of phenolic OH excluding ortho intramolecular Hbond substituents is 3. The second-order valence-electron chi connectivity index (χ2n) is 25.9. The van der Waals surface area contributed by atoms with Crippen molar-refractivity contribution in [3.8, 4) is 17.2 Å². The number of carbonyl (C=O) groups is 3. The van der Waals surface area contributed by atoms with E-state index in [4.69, 9.17) is 14.2 Å². The molecule has 4 aromatic rings. The highest BCUT2D eigenvalue weighted by Gasteiger charge is 2.31. The van der Waals surface area contributed by atoms with Crippen LogP contribution in [0.15, 0.2) is 50.8 Å². The molecule has 0 saturated heterocycles. The molecular formula is C60H87N3O12. The fraction of sp³-hybridized carbons (Fsp3) is 0.600. The predicted molar refractivity (Wildman–Crippen MR) is 295 cm³/mol. The third-order valence-electron chi connectivity index (χ3n) is 13.3. The lowest BCUT2D eigenvalue weighted by atomic mass is 9.78. The highest BCUT2D eigenvalue weighted by atomic mass is 16.5. The Hall–Kier alpha value is -5.64. The Bertz CT molecular complexity index is 2460. The van der Waals surface area contributed by atoms with Crippen LogP contribution in [0.3, 0.4) is 0 Å². The number of ether oxygens (including phenoxy) is 3. The van der Waals surface area contributed by atoms with Crippen LogP contribution in [0.1, 0.15) is 208 Å². The quantitative estimate of drug-likeness (QED) is 0.0527. The Morgan fingerprint density at radius 3 is 0.680 bits per heavy atom. The number of rotatable bonds is 21. The molecule has 4 rings (SSSR count). The van der Waals surface area contributed by atoms with Gasteiger partial charge in [-0.2, -0.15) is 0 Å². The molecule has 1 heterocycles. The van der Waals surface area contributed by atoms with Gasteiger partial charge >= 0.3 is 17.1 Å². The number of nitrogens with zero attached hydrogens (tertiary/aromatic N) is 3. The summed E-state index contributed by atoms with van der Waals surface area (Å²) in [5.74, 6) is -0.136. The van der Waals surface area contributed by atoms with E-state index in [9.17, 15) is 44.1 Å². The Morgan fingerprint density at radius 1 is 0.347 bits per heavy atom. The summed E-state index contributed by atoms with van der Waals surface area (Å²) in [6.07, 6.45) is -0.0394. The number of hydrogen-bond acceptors (Lipinski definition) is 12. The largest absolute Gasteiger partial charge is 0.507 e. The third-order valence-corrected chi connectivity index (χ3v) is 13.3. The van der Waals surface area contributed by atoms with E-state index in [0.717, 1.165) is 13.7 Å². The van der Waals surface area contributed by atoms with Crippen LogP contribution < -0.4 is 17.1 Å². The van der Waals surface area contributed by atoms with E-state index >= 15 is 0 Å². The van der Waals surface area contributed by atoms with Crippen LogP contribution in [0, 0.1) is 0 Å². The zero-order valence-electron chi connectivity index (χ0n) is 48.3. The Morgan fingerprint density at radius 2 is 0.520 bits per heavy atom. The second kappa shape index (κ2) is 23.7. The molecule has 3 aromatic carbocycles. The lowest BCUT2D eigenvalue weighted by Gasteiger charge is -2.28. The lowest BCUT2D eigenvalue weighted by Crippen LogP contribution is -2.55. The van der Waals surface area contributed by atoms with Crippen LogP contribution in [0.2, 0.25) is 0 Å². The summed E-state index contributed by atoms with van der Waals surface area (Å²) in [7, 11) is 0. The average molecular weight is 1040 g/mol. The Kier molecular flexibility index (Phi) is 19.6. The van der Waals surface area contributed by atoms with Gasteiger partial charge in [0.15, 0.2) is 17.3 Å². The van der Waals surface area contributed by atoms with Crippen molar-refractivity contribution >= 4 is 17.3 Å². The number of phenols is 3. The van der Waals surface area contributed by atoms with Crippen molar-refractivity contribution in [3.05, 3.63) is 118 Å². The summed E-state index contributed by atoms with van der Waals surface area (Å²) >= 11 is 0. The molecule has 0 aliphatic heterocycles. The number of aromatic nitrogens is 3. The first kappa shape index (κ1) is 61.9. The first-order valence-electron chi connectivity index (χ1n) is 26.2. The van der Waals surface area contributed by atoms with Gasteiger partial charge in [-0.1, -0.05) is 125 Å². The van der Waals surface area contributed by atoms with Crippen molar-refractivity contribution in [2.24, 2.45) is 0 Å². The van der Waals surface area contributed by atoms with Crippen molar-refractivity contribution in [1.82, 2.24) is 13.7 Å². The van der Waals surface area contributed by atoms with E-state index in [0.29, 0.717) is 50.1 Å². The van der Waals surface area contributed by atoms with E-state index in [2.05, 4.69) is 0 Å². The first-order valence-corrected chi connectivity index (χ1v) is 26.2. The van der Waals surface area contributed by atoms with E-state index < -0.39 is 49.6 Å². The highest BCUT2D eigenvalue weighted by molar-refractivity contribution is 5.98. The Balaban J connectivity index is 1.52. The molecule has 15 nitrogen and oxygen atoms in total. The van der Waals surface area contributed by atoms with Crippen molar-refractivity contribution in [1.29, 1.82) is 0 Å². The summed E-state index contributed by atoms with van der Waals surface area (Å²) in [5, 5.41) is 33.4. The third kappa shape index (κ3) is 15.7. The summed E-state index contributed by atoms with van der Waals surface area (Å²) in [6, 6.07) is 10.3. The molecule has 0 bridgehead atoms. The fourth-order valence-corrected chi connectivity index (χ4v) is 8.77. The van der Waals surface area contributed by atoms with Gasteiger partial charge < -0.3 is 29.5 Å². The number of ketones is 3. The molecule has 15 heteroatoms. The maximum absolute atomic E-state index is 13.9. The second-order valence-corrected chi connectivity index (χ2v) is 25.9. The summed E-state index contributed by atoms with van der Waals surface area (Å²) in [5.41, 5.74) is -0.0847. The molecule has 1 aromatic heterocycles. The summed E-state index contributed by atoms with van der Waals surface area (Å²) in [4.78, 5) is 82.4. The predicted octanol–water partition coefficient (Wildman–Crippen LogP) is 9.94. The fourth-order valence-electron chi connectivity index (χ4n) is 8.77. The van der Waals surface area contributed by atoms with Crippen LogP contribution in [-0.4, -0.2) is 86.0 Å². The minimum Gasteiger partial charge on any atom is -0.507 e. The van der Waals surface area contributed by atoms with Crippen LogP contribution in [0.25, 0.3) is 0 Å². The average Bonchev–Trinajstić information content (AvgIpc) is 3.26. The monoisotopic (exact) mass is 1040 g/mol. The van der Waals surface area contributed by atoms with Crippen LogP contribution >= 0.6 is 0 Å². The molecule has 0 unspecified atom stereocenters. The van der Waals surface area contributed by atoms with Gasteiger partial charge in [-0.3, -0.25) is 14.4 Å². The van der Waals surface area contributed by atoms with Gasteiger partial charge in [0.2, 0.25) is 0 Å². The van der Waals surface area contributed by atoms with Gasteiger partial charge in [-0.05, 0) is 68.9 Å². The molecule has 75 heavy (non-hydrogen) atoms. The molecule has 3 N–H and O–H groups in total. The van der Waals surface area contributed by atoms with Gasteiger partial charge in [0.05, 0.1) is 59.3 Å². The standard InChI is InChI=1S/C60H87N3O12/c1-55(2,3)40-31-37(32-41(49(40)67)56(4,5)6)46(64)19-25-73-28-22-61-52(70)62(23-29-74-26-20-47(65)38-33-42(57(7,8)9)50(68)43(34-38)58(10,11)12)54(72)63(53(61)71)24-30-75-27-21-48(66)39-35-44(59(13,14)15)51(69)45(36-39)60(16,17)18/h31-36,67-69H,19-30H2,1-18H3. The summed E-state index contributed by atoms with van der Waals surface area (Å²) < 4.78 is 20.1. The maximum Gasteiger partial charge on any atom is 0.336 e. The molecular weight excluding hydrogens is 955 g/mol. The Labute approximate surface area is 444 Å². The van der Waals surface area contributed by atoms with Gasteiger partial charge in [0.1, 0.15) is 17.2 Å². The zero-order chi connectivity index (χ0) is 57.0. The SMILES string of the molecule is CC(C)(C)c1cc(C(=O)CCOCCn2c(=O)n(CCOCCC(=O)c3cc(C(C)(C)C)c(O)c(C(C)(C)C)c3)c(=O)n(CCOCCC(=O)c3cc(C(C)(C)C)c(O)c(C(C)(C)C)c3)c2=O)cc(C(C)(C)C)c1O. The van der Waals surface area contributed by atoms with Crippen LogP contribution in [0.4, 0.5) is 0 Å². The number of hydrogen-bond donors (Lipinski definition) is 3. The van der Waals surface area contributed by atoms with Crippen molar-refractivity contribution in [3.63, 3.8) is 0 Å². The highest BCUT2D eigenvalue weighted by Crippen LogP contribution is 2.43. The minimum absolute atomic E-state index is 0.0131. The lowest BCUT2D eigenvalue weighted by molar-refractivity contribution is 0.0850. The van der Waals surface area contributed by atoms with Gasteiger partial charge in [-0.15, -0.1) is 0 Å². The van der Waals surface area contributed by atoms with E-state index in [1.54, 1.807) is 36.4 Å². The maximum atomic E-state index is 13.9. The number of aromatic hydroxyl groups is 3. The molecule has 0 atom stereocenters. The van der Waals surface area contributed by atoms with Crippen molar-refractivity contribution in [2.45, 2.75) is 196 Å². The number of Topliss-reactive ketones (excluding diaryl/α,β-unsaturated/α-hetero) is 3. The molecule has 0 saturated carbocycles. The van der Waals surface area contributed by atoms with E-state index in [1.807, 2.05) is 125 Å². The smallest absolute Gasteiger partial charge is 0.336 e. The minimum atomic E-state index is -0.896. The van der Waals surface area contributed by atoms with Crippen molar-refractivity contribution in [2.75, 3.05) is 39.6 Å². The molecule has 0 aliphatic rings. The van der Waals surface area contributed by atoms with Crippen LogP contribution in [-0.2, 0) is 66.3 Å². The normalized spacial score (nSPS) is 12.9. The molecule has 0 spiro atoms. The van der Waals surface area contributed by atoms with Crippen molar-refractivity contribution < 1.29 is 43.9 Å². The molecule has 414 valence electrons. The van der Waals surface area contributed by atoms with Gasteiger partial charge in [0, 0.05) is 69.3 Å². The number of benzene rings is 3. The van der Waals surface area contributed by atoms with Gasteiger partial charge in [-0.25, -0.2) is 28.1 Å². The first-order chi connectivity index (χ1) is 34.3. The topological polar surface area (TPSA) is 206 Å². The van der Waals surface area contributed by atoms with E-state index in [-0.39, 0.29) is 113 Å². The summed E-state index contributed by atoms with van der Waals surface area (Å²) in [6.45, 7) is 34.1. The molecule has 0 fully saturated rings. The molecule has 0 radical (unpaired) electrons. The number of carbonyl (C=O) groups excluding carboxylic acids is 3. The molecule has 0 amide bonds. The van der Waals surface area contributed by atoms with Crippen LogP contribution in [0.5, 0.6) is 17.2 Å². The molecule has 0 aliphatic carbocycles. The van der Waals surface area contributed by atoms with Gasteiger partial charge in [0.25, 0.3) is 0 Å². The van der Waals surface area contributed by atoms with E-state index in [1.165, 1.54) is 0 Å². The zero-order valence-corrected chi connectivity index (χ0v) is 48.3.